The van der Waals surface area contributed by atoms with Gasteiger partial charge in [-0.3, -0.25) is 9.69 Å². The Balaban J connectivity index is 1.63. The topological polar surface area (TPSA) is 65.9 Å². The highest BCUT2D eigenvalue weighted by atomic mass is 32.1. The second-order valence-electron chi connectivity index (χ2n) is 5.53. The molecule has 2 fully saturated rings. The number of amides is 1. The molecule has 0 saturated carbocycles. The first kappa shape index (κ1) is 14.9. The van der Waals surface area contributed by atoms with Crippen molar-refractivity contribution in [2.75, 3.05) is 39.4 Å². The third-order valence-electron chi connectivity index (χ3n) is 4.29. The second kappa shape index (κ2) is 6.83. The fraction of sp³-hybridized carbons (Fsp3) is 0.714. The number of carbonyl (C=O) groups excluding carboxylic acids is 1. The van der Waals surface area contributed by atoms with Crippen LogP contribution in [0.4, 0.5) is 0 Å². The van der Waals surface area contributed by atoms with Gasteiger partial charge in [-0.2, -0.15) is 0 Å². The van der Waals surface area contributed by atoms with E-state index in [1.807, 2.05) is 4.90 Å². The van der Waals surface area contributed by atoms with Crippen molar-refractivity contribution in [3.63, 3.8) is 0 Å². The van der Waals surface area contributed by atoms with Crippen LogP contribution in [-0.4, -0.2) is 77.3 Å². The number of carbonyl (C=O) groups is 1. The number of aliphatic hydroxyl groups excluding tert-OH is 1. The molecular weight excluding hydrogens is 290 g/mol. The van der Waals surface area contributed by atoms with Crippen molar-refractivity contribution in [2.45, 2.75) is 25.0 Å². The lowest BCUT2D eigenvalue weighted by molar-refractivity contribution is -0.0222. The van der Waals surface area contributed by atoms with Gasteiger partial charge in [-0.25, -0.2) is 4.98 Å². The molecule has 0 bridgehead atoms. The molecule has 2 atom stereocenters. The van der Waals surface area contributed by atoms with Crippen molar-refractivity contribution >= 4 is 17.2 Å². The van der Waals surface area contributed by atoms with Crippen LogP contribution in [0.2, 0.25) is 0 Å². The molecular formula is C14H21N3O3S. The maximum absolute atomic E-state index is 12.4. The van der Waals surface area contributed by atoms with Gasteiger partial charge in [0.1, 0.15) is 5.69 Å². The lowest BCUT2D eigenvalue weighted by atomic mass is 10.0. The largest absolute Gasteiger partial charge is 0.391 e. The highest BCUT2D eigenvalue weighted by Gasteiger charge is 2.32. The molecule has 0 aliphatic carbocycles. The number of hydrogen-bond donors (Lipinski definition) is 1. The Morgan fingerprint density at radius 2 is 2.05 bits per heavy atom. The van der Waals surface area contributed by atoms with Crippen molar-refractivity contribution in [1.29, 1.82) is 0 Å². The Morgan fingerprint density at radius 1 is 1.29 bits per heavy atom. The fourth-order valence-corrected chi connectivity index (χ4v) is 3.62. The summed E-state index contributed by atoms with van der Waals surface area (Å²) in [5.74, 6) is -0.0222. The SMILES string of the molecule is O=C(c1cscn1)N1CC[C@H](O)[C@@H](N2CCOCC2)CC1. The van der Waals surface area contributed by atoms with Gasteiger partial charge in [0.2, 0.25) is 0 Å². The van der Waals surface area contributed by atoms with E-state index in [9.17, 15) is 9.90 Å². The number of aromatic nitrogens is 1. The van der Waals surface area contributed by atoms with E-state index >= 15 is 0 Å². The Labute approximate surface area is 128 Å². The average Bonchev–Trinajstić information content (AvgIpc) is 2.98. The van der Waals surface area contributed by atoms with Crippen LogP contribution in [0, 0.1) is 0 Å². The predicted molar refractivity (Wildman–Crippen MR) is 79.4 cm³/mol. The zero-order valence-corrected chi connectivity index (χ0v) is 12.8. The molecule has 1 aromatic rings. The molecule has 3 rings (SSSR count). The van der Waals surface area contributed by atoms with Crippen LogP contribution in [0.1, 0.15) is 23.3 Å². The van der Waals surface area contributed by atoms with Gasteiger partial charge in [0, 0.05) is 37.6 Å². The summed E-state index contributed by atoms with van der Waals surface area (Å²) in [6.07, 6.45) is 1.05. The fourth-order valence-electron chi connectivity index (χ4n) is 3.09. The maximum Gasteiger partial charge on any atom is 0.273 e. The van der Waals surface area contributed by atoms with E-state index in [4.69, 9.17) is 4.74 Å². The molecule has 116 valence electrons. The summed E-state index contributed by atoms with van der Waals surface area (Å²) >= 11 is 1.43. The van der Waals surface area contributed by atoms with Crippen LogP contribution in [0.25, 0.3) is 0 Å². The van der Waals surface area contributed by atoms with Gasteiger partial charge in [0.05, 0.1) is 24.8 Å². The van der Waals surface area contributed by atoms with Gasteiger partial charge in [-0.15, -0.1) is 11.3 Å². The summed E-state index contributed by atoms with van der Waals surface area (Å²) in [5.41, 5.74) is 2.19. The molecule has 1 amide bonds. The smallest absolute Gasteiger partial charge is 0.273 e. The van der Waals surface area contributed by atoms with Gasteiger partial charge in [-0.05, 0) is 12.8 Å². The Morgan fingerprint density at radius 3 is 2.76 bits per heavy atom. The molecule has 0 unspecified atom stereocenters. The number of nitrogens with zero attached hydrogens (tertiary/aromatic N) is 3. The predicted octanol–water partition coefficient (Wildman–Crippen LogP) is 0.441. The minimum Gasteiger partial charge on any atom is -0.391 e. The zero-order chi connectivity index (χ0) is 14.7. The van der Waals surface area contributed by atoms with Crippen molar-refractivity contribution in [3.8, 4) is 0 Å². The van der Waals surface area contributed by atoms with Crippen molar-refractivity contribution in [2.24, 2.45) is 0 Å². The van der Waals surface area contributed by atoms with Crippen molar-refractivity contribution in [1.82, 2.24) is 14.8 Å². The summed E-state index contributed by atoms with van der Waals surface area (Å²) in [5, 5.41) is 12.2. The Hall–Kier alpha value is -1.02. The summed E-state index contributed by atoms with van der Waals surface area (Å²) in [7, 11) is 0. The summed E-state index contributed by atoms with van der Waals surface area (Å²) in [6.45, 7) is 4.45. The van der Waals surface area contributed by atoms with Crippen LogP contribution in [0.3, 0.4) is 0 Å². The Bertz CT molecular complexity index is 462. The first-order valence-electron chi connectivity index (χ1n) is 7.43. The molecule has 1 aromatic heterocycles. The summed E-state index contributed by atoms with van der Waals surface area (Å²) in [4.78, 5) is 20.6. The molecule has 2 aliphatic heterocycles. The average molecular weight is 311 g/mol. The number of hydrogen-bond acceptors (Lipinski definition) is 6. The molecule has 3 heterocycles. The van der Waals surface area contributed by atoms with E-state index in [-0.39, 0.29) is 18.1 Å². The van der Waals surface area contributed by atoms with E-state index < -0.39 is 0 Å². The highest BCUT2D eigenvalue weighted by Crippen LogP contribution is 2.20. The van der Waals surface area contributed by atoms with Crippen molar-refractivity contribution in [3.05, 3.63) is 16.6 Å². The van der Waals surface area contributed by atoms with E-state index in [1.165, 1.54) is 11.3 Å². The Kier molecular flexibility index (Phi) is 4.84. The molecule has 1 N–H and O–H groups in total. The lowest BCUT2D eigenvalue weighted by Gasteiger charge is -2.36. The standard InChI is InChI=1S/C14H21N3O3S/c18-13-2-4-17(14(19)11-9-21-10-15-11)3-1-12(13)16-5-7-20-8-6-16/h9-10,12-13,18H,1-8H2/t12-,13-/m0/s1. The molecule has 2 saturated heterocycles. The van der Waals surface area contributed by atoms with Crippen molar-refractivity contribution < 1.29 is 14.6 Å². The van der Waals surface area contributed by atoms with Gasteiger partial charge in [-0.1, -0.05) is 0 Å². The number of rotatable bonds is 2. The molecule has 7 heteroatoms. The number of thiazole rings is 1. The van der Waals surface area contributed by atoms with Gasteiger partial charge in [0.25, 0.3) is 5.91 Å². The third kappa shape index (κ3) is 3.42. The van der Waals surface area contributed by atoms with Gasteiger partial charge in [0.15, 0.2) is 0 Å². The zero-order valence-electron chi connectivity index (χ0n) is 12.0. The van der Waals surface area contributed by atoms with Crippen LogP contribution in [0.5, 0.6) is 0 Å². The van der Waals surface area contributed by atoms with Crippen LogP contribution in [0.15, 0.2) is 10.9 Å². The second-order valence-corrected chi connectivity index (χ2v) is 6.24. The summed E-state index contributed by atoms with van der Waals surface area (Å²) < 4.78 is 5.37. The molecule has 2 aliphatic rings. The number of morpholine rings is 1. The number of likely N-dealkylation sites (tertiary alicyclic amines) is 1. The van der Waals surface area contributed by atoms with E-state index in [1.54, 1.807) is 10.9 Å². The molecule has 0 aromatic carbocycles. The minimum absolute atomic E-state index is 0.0222. The van der Waals surface area contributed by atoms with Crippen LogP contribution < -0.4 is 0 Å². The monoisotopic (exact) mass is 311 g/mol. The summed E-state index contributed by atoms with van der Waals surface area (Å²) in [6, 6.07) is 0.127. The normalized spacial score (nSPS) is 28.3. The highest BCUT2D eigenvalue weighted by molar-refractivity contribution is 7.07. The van der Waals surface area contributed by atoms with Gasteiger partial charge < -0.3 is 14.7 Å². The quantitative estimate of drug-likeness (QED) is 0.858. The molecule has 6 nitrogen and oxygen atoms in total. The number of aliphatic hydroxyl groups is 1. The minimum atomic E-state index is -0.378. The molecule has 0 radical (unpaired) electrons. The van der Waals surface area contributed by atoms with E-state index in [0.29, 0.717) is 25.2 Å². The van der Waals surface area contributed by atoms with E-state index in [2.05, 4.69) is 9.88 Å². The lowest BCUT2D eigenvalue weighted by Crippen LogP contribution is -2.49. The van der Waals surface area contributed by atoms with Crippen LogP contribution in [-0.2, 0) is 4.74 Å². The first-order valence-corrected chi connectivity index (χ1v) is 8.37. The maximum atomic E-state index is 12.4. The number of ether oxygens (including phenoxy) is 1. The van der Waals surface area contributed by atoms with Gasteiger partial charge >= 0.3 is 0 Å². The third-order valence-corrected chi connectivity index (χ3v) is 4.87. The first-order chi connectivity index (χ1) is 10.3. The molecule has 21 heavy (non-hydrogen) atoms. The van der Waals surface area contributed by atoms with Crippen LogP contribution >= 0.6 is 11.3 Å². The molecule has 0 spiro atoms. The van der Waals surface area contributed by atoms with E-state index in [0.717, 1.165) is 32.7 Å².